The van der Waals surface area contributed by atoms with Crippen molar-refractivity contribution >= 4 is 43.5 Å². The number of hydrogen-bond donors (Lipinski definition) is 0. The topological polar surface area (TPSA) is 13.1 Å². The highest BCUT2D eigenvalue weighted by molar-refractivity contribution is 6.24. The summed E-state index contributed by atoms with van der Waals surface area (Å²) in [5.74, 6) is 0. The fraction of sp³-hybridized carbons (Fsp3) is 0. The maximum Gasteiger partial charge on any atom is 0.143 e. The van der Waals surface area contributed by atoms with Gasteiger partial charge in [0, 0.05) is 21.9 Å². The zero-order valence-corrected chi connectivity index (χ0v) is 27.0. The number of para-hydroxylation sites is 1. The quantitative estimate of drug-likeness (QED) is 0.168. The summed E-state index contributed by atoms with van der Waals surface area (Å²) < 4.78 is 103. The molecule has 0 atom stereocenters. The molecule has 0 bridgehead atoms. The van der Waals surface area contributed by atoms with Gasteiger partial charge in [0.2, 0.25) is 0 Å². The summed E-state index contributed by atoms with van der Waals surface area (Å²) in [6.07, 6.45) is 0. The molecule has 10 aromatic rings. The summed E-state index contributed by atoms with van der Waals surface area (Å²) in [6.45, 7) is 0. The minimum absolute atomic E-state index is 0.0280. The third-order valence-electron chi connectivity index (χ3n) is 9.47. The molecule has 9 aromatic carbocycles. The van der Waals surface area contributed by atoms with Crippen LogP contribution in [0.15, 0.2) is 198 Å². The van der Waals surface area contributed by atoms with Crippen LogP contribution in [-0.4, -0.2) is 0 Å². The fourth-order valence-electron chi connectivity index (χ4n) is 7.14. The van der Waals surface area contributed by atoms with Crippen molar-refractivity contribution in [1.29, 1.82) is 0 Å². The minimum atomic E-state index is -0.656. The first-order valence-corrected chi connectivity index (χ1v) is 16.6. The van der Waals surface area contributed by atoms with Gasteiger partial charge in [-0.25, -0.2) is 0 Å². The number of rotatable bonds is 5. The fourth-order valence-corrected chi connectivity index (χ4v) is 7.14. The van der Waals surface area contributed by atoms with E-state index in [-0.39, 0.29) is 39.1 Å². The molecule has 0 radical (unpaired) electrons. The molecule has 0 fully saturated rings. The average molecular weight is 660 g/mol. The molecule has 51 heavy (non-hydrogen) atoms. The van der Waals surface area contributed by atoms with Gasteiger partial charge in [0.25, 0.3) is 0 Å². The van der Waals surface area contributed by atoms with Gasteiger partial charge < -0.3 is 4.42 Å². The second kappa shape index (κ2) is 12.0. The van der Waals surface area contributed by atoms with Gasteiger partial charge in [0.1, 0.15) is 11.2 Å². The molecule has 1 nitrogen and oxygen atoms in total. The summed E-state index contributed by atoms with van der Waals surface area (Å²) in [6, 6.07) is 36.6. The first-order chi connectivity index (χ1) is 29.9. The molecule has 0 spiro atoms. The van der Waals surface area contributed by atoms with E-state index in [9.17, 15) is 4.11 Å². The predicted octanol–water partition coefficient (Wildman–Crippen LogP) is 14.2. The SMILES string of the molecule is [2H]c1c([2H])c([2H])c(-c2c([2H])c([2H])c3c(oc4c(-c5c6ccccc6c(-c6ccc(-c7cccc(-c8ccccc8)c7)cc6)c6ccccc56)c([2H])c([2H])c([2H])c43)c2[2H])c([2H])c1[2H]. The molecule has 0 aliphatic heterocycles. The Morgan fingerprint density at radius 3 is 1.63 bits per heavy atom. The summed E-state index contributed by atoms with van der Waals surface area (Å²) in [4.78, 5) is 0. The van der Waals surface area contributed by atoms with Crippen LogP contribution in [0, 0.1) is 0 Å². The average Bonchev–Trinajstić information content (AvgIpc) is 3.71. The zero-order valence-electron chi connectivity index (χ0n) is 38.0. The van der Waals surface area contributed by atoms with Crippen molar-refractivity contribution in [3.05, 3.63) is 194 Å². The Morgan fingerprint density at radius 1 is 0.353 bits per heavy atom. The first kappa shape index (κ1) is 20.1. The lowest BCUT2D eigenvalue weighted by Gasteiger charge is -2.18. The minimum Gasteiger partial charge on any atom is -0.455 e. The summed E-state index contributed by atoms with van der Waals surface area (Å²) in [5.41, 5.74) is 5.90. The molecule has 1 aromatic heterocycles. The van der Waals surface area contributed by atoms with Gasteiger partial charge in [-0.1, -0.05) is 176 Å². The van der Waals surface area contributed by atoms with Crippen LogP contribution in [0.2, 0.25) is 0 Å². The number of hydrogen-bond acceptors (Lipinski definition) is 1. The number of furan rings is 1. The molecule has 1 heterocycles. The van der Waals surface area contributed by atoms with E-state index in [2.05, 4.69) is 60.7 Å². The summed E-state index contributed by atoms with van der Waals surface area (Å²) in [7, 11) is 0. The third kappa shape index (κ3) is 4.94. The highest BCUT2D eigenvalue weighted by Crippen LogP contribution is 2.47. The van der Waals surface area contributed by atoms with Crippen LogP contribution in [0.3, 0.4) is 0 Å². The van der Waals surface area contributed by atoms with Gasteiger partial charge in [-0.3, -0.25) is 0 Å². The van der Waals surface area contributed by atoms with E-state index >= 15 is 0 Å². The van der Waals surface area contributed by atoms with Crippen LogP contribution in [0.25, 0.3) is 99.1 Å². The second-order valence-electron chi connectivity index (χ2n) is 12.4. The Morgan fingerprint density at radius 2 is 0.941 bits per heavy atom. The van der Waals surface area contributed by atoms with Crippen molar-refractivity contribution in [1.82, 2.24) is 0 Å². The zero-order chi connectivity index (χ0) is 43.3. The highest BCUT2D eigenvalue weighted by Gasteiger charge is 2.20. The predicted molar refractivity (Wildman–Crippen MR) is 216 cm³/mol. The normalized spacial score (nSPS) is 14.5. The monoisotopic (exact) mass is 659 g/mol. The van der Waals surface area contributed by atoms with Gasteiger partial charge in [-0.15, -0.1) is 0 Å². The maximum atomic E-state index is 9.42. The molecule has 0 unspecified atom stereocenters. The number of fused-ring (bicyclic) bond motifs is 5. The van der Waals surface area contributed by atoms with E-state index < -0.39 is 66.0 Å². The van der Waals surface area contributed by atoms with Gasteiger partial charge >= 0.3 is 0 Å². The number of benzene rings is 9. The van der Waals surface area contributed by atoms with Crippen molar-refractivity contribution in [2.75, 3.05) is 0 Å². The molecular formula is C50H32O. The molecule has 1 heteroatoms. The largest absolute Gasteiger partial charge is 0.455 e. The molecular weight excluding hydrogens is 617 g/mol. The lowest BCUT2D eigenvalue weighted by atomic mass is 9.85. The Balaban J connectivity index is 1.23. The Hall–Kier alpha value is -6.70. The molecule has 0 amide bonds. The van der Waals surface area contributed by atoms with Crippen molar-refractivity contribution in [2.24, 2.45) is 0 Å². The van der Waals surface area contributed by atoms with E-state index in [4.69, 9.17) is 15.4 Å². The van der Waals surface area contributed by atoms with Crippen LogP contribution in [-0.2, 0) is 0 Å². The lowest BCUT2D eigenvalue weighted by Crippen LogP contribution is -1.91. The van der Waals surface area contributed by atoms with E-state index in [1.807, 2.05) is 66.7 Å². The summed E-state index contributed by atoms with van der Waals surface area (Å²) in [5, 5.41) is 3.02. The van der Waals surface area contributed by atoms with Crippen molar-refractivity contribution < 1.29 is 19.5 Å². The molecule has 0 aliphatic rings. The van der Waals surface area contributed by atoms with Crippen LogP contribution < -0.4 is 0 Å². The summed E-state index contributed by atoms with van der Waals surface area (Å²) >= 11 is 0. The first-order valence-electron chi connectivity index (χ1n) is 22.1. The van der Waals surface area contributed by atoms with Gasteiger partial charge in [0.15, 0.2) is 0 Å². The molecule has 0 saturated heterocycles. The Kier molecular flexibility index (Phi) is 4.73. The van der Waals surface area contributed by atoms with Gasteiger partial charge in [0.05, 0.1) is 15.1 Å². The van der Waals surface area contributed by atoms with Gasteiger partial charge in [-0.2, -0.15) is 0 Å². The van der Waals surface area contributed by atoms with Crippen LogP contribution in [0.1, 0.15) is 15.1 Å². The van der Waals surface area contributed by atoms with Crippen LogP contribution in [0.4, 0.5) is 0 Å². The smallest absolute Gasteiger partial charge is 0.143 e. The van der Waals surface area contributed by atoms with E-state index in [0.717, 1.165) is 54.9 Å². The molecule has 10 rings (SSSR count). The van der Waals surface area contributed by atoms with Crippen LogP contribution >= 0.6 is 0 Å². The van der Waals surface area contributed by atoms with E-state index in [1.165, 1.54) is 0 Å². The molecule has 238 valence electrons. The molecule has 0 saturated carbocycles. The third-order valence-corrected chi connectivity index (χ3v) is 9.47. The van der Waals surface area contributed by atoms with Gasteiger partial charge in [-0.05, 0) is 84.2 Å². The van der Waals surface area contributed by atoms with Crippen molar-refractivity contribution in [3.8, 4) is 55.6 Å². The standard InChI is InChI=1S/C50H32O/c1-3-13-33(14-4-1)37-17-11-18-38(31-37)35-25-27-36(28-26-35)48-41-19-7-9-21-43(41)49(44-22-10-8-20-42(44)48)46-24-12-23-45-40-30-29-39(32-47(40)51-50(45)46)34-15-5-2-6-16-34/h1-32H/i2D,5D,6D,12D,15D,16D,23D,24D,29D,30D,32D. The maximum absolute atomic E-state index is 9.42. The molecule has 0 N–H and O–H groups in total. The highest BCUT2D eigenvalue weighted by atomic mass is 16.3. The van der Waals surface area contributed by atoms with E-state index in [0.29, 0.717) is 5.56 Å². The lowest BCUT2D eigenvalue weighted by molar-refractivity contribution is 0.670. The van der Waals surface area contributed by atoms with Crippen molar-refractivity contribution in [2.45, 2.75) is 0 Å². The van der Waals surface area contributed by atoms with Crippen molar-refractivity contribution in [3.63, 3.8) is 0 Å². The van der Waals surface area contributed by atoms with E-state index in [1.54, 1.807) is 0 Å². The second-order valence-corrected chi connectivity index (χ2v) is 12.4. The Labute approximate surface area is 312 Å². The Bertz CT molecular complexity index is 3440. The molecule has 0 aliphatic carbocycles. The van der Waals surface area contributed by atoms with Crippen LogP contribution in [0.5, 0.6) is 0 Å².